The lowest BCUT2D eigenvalue weighted by molar-refractivity contribution is -0.110. The van der Waals surface area contributed by atoms with Crippen molar-refractivity contribution >= 4 is 34.1 Å². The Morgan fingerprint density at radius 1 is 0.962 bits per heavy atom. The van der Waals surface area contributed by atoms with E-state index in [1.165, 1.54) is 0 Å². The fourth-order valence-corrected chi connectivity index (χ4v) is 3.31. The third kappa shape index (κ3) is 2.29. The maximum absolute atomic E-state index is 12.3. The summed E-state index contributed by atoms with van der Waals surface area (Å²) in [6.45, 7) is 0. The summed E-state index contributed by atoms with van der Waals surface area (Å²) in [4.78, 5) is 16.3. The van der Waals surface area contributed by atoms with Gasteiger partial charge < -0.3 is 5.32 Å². The number of H-pyrrole nitrogens is 1. The molecule has 0 saturated carbocycles. The van der Waals surface area contributed by atoms with Crippen LogP contribution in [0.4, 0.5) is 5.69 Å². The fraction of sp³-hybridized carbons (Fsp3) is 0. The molecule has 2 aromatic carbocycles. The highest BCUT2D eigenvalue weighted by Gasteiger charge is 2.23. The Balaban J connectivity index is 1.59. The van der Waals surface area contributed by atoms with Gasteiger partial charge in [0.1, 0.15) is 5.69 Å². The number of hydrogen-bond acceptors (Lipinski definition) is 3. The topological polar surface area (TPSA) is 70.7 Å². The van der Waals surface area contributed by atoms with Gasteiger partial charge in [-0.15, -0.1) is 0 Å². The van der Waals surface area contributed by atoms with Crippen molar-refractivity contribution in [1.29, 1.82) is 0 Å². The predicted octanol–water partition coefficient (Wildman–Crippen LogP) is 4.12. The normalized spacial score (nSPS) is 14.6. The van der Waals surface area contributed by atoms with Crippen LogP contribution < -0.4 is 5.32 Å². The minimum atomic E-state index is -0.0756. The number of fused-ring (bicyclic) bond motifs is 2. The van der Waals surface area contributed by atoms with E-state index < -0.39 is 0 Å². The van der Waals surface area contributed by atoms with E-state index >= 15 is 0 Å². The highest BCUT2D eigenvalue weighted by atomic mass is 16.2. The Morgan fingerprint density at radius 3 is 2.69 bits per heavy atom. The van der Waals surface area contributed by atoms with E-state index in [1.807, 2.05) is 60.7 Å². The van der Waals surface area contributed by atoms with E-state index in [9.17, 15) is 4.79 Å². The second-order valence-electron chi connectivity index (χ2n) is 6.17. The number of para-hydroxylation sites is 1. The first-order valence-corrected chi connectivity index (χ1v) is 8.30. The smallest absolute Gasteiger partial charge is 0.256 e. The second kappa shape index (κ2) is 5.67. The molecular formula is C21H14N4O. The quantitative estimate of drug-likeness (QED) is 0.540. The number of aromatic nitrogens is 3. The molecule has 0 fully saturated rings. The van der Waals surface area contributed by atoms with Gasteiger partial charge in [0.2, 0.25) is 0 Å². The first-order chi connectivity index (χ1) is 12.8. The van der Waals surface area contributed by atoms with Crippen molar-refractivity contribution < 1.29 is 4.79 Å². The molecule has 2 aromatic heterocycles. The number of carbonyl (C=O) groups excluding carboxylic acids is 1. The summed E-state index contributed by atoms with van der Waals surface area (Å²) in [6.07, 6.45) is 5.42. The number of pyridine rings is 1. The Bertz CT molecular complexity index is 1180. The molecule has 0 spiro atoms. The zero-order chi connectivity index (χ0) is 17.5. The Morgan fingerprint density at radius 2 is 1.81 bits per heavy atom. The lowest BCUT2D eigenvalue weighted by atomic mass is 10.0. The number of nitrogens with one attached hydrogen (secondary N) is 2. The van der Waals surface area contributed by atoms with Crippen LogP contribution in [0, 0.1) is 0 Å². The van der Waals surface area contributed by atoms with Crippen LogP contribution >= 0.6 is 0 Å². The van der Waals surface area contributed by atoms with Crippen molar-refractivity contribution in [2.24, 2.45) is 0 Å². The molecule has 0 unspecified atom stereocenters. The number of aromatic amines is 1. The van der Waals surface area contributed by atoms with Crippen molar-refractivity contribution in [2.75, 3.05) is 5.32 Å². The maximum atomic E-state index is 12.3. The molecule has 1 amide bonds. The highest BCUT2D eigenvalue weighted by molar-refractivity contribution is 6.34. The highest BCUT2D eigenvalue weighted by Crippen LogP contribution is 2.33. The molecule has 4 aromatic rings. The number of hydrogen-bond donors (Lipinski definition) is 2. The molecule has 26 heavy (non-hydrogen) atoms. The van der Waals surface area contributed by atoms with E-state index in [2.05, 4.69) is 20.5 Å². The molecular weight excluding hydrogens is 324 g/mol. The van der Waals surface area contributed by atoms with Crippen LogP contribution in [0.3, 0.4) is 0 Å². The van der Waals surface area contributed by atoms with Crippen LogP contribution in [0.5, 0.6) is 0 Å². The van der Waals surface area contributed by atoms with Crippen molar-refractivity contribution in [3.05, 3.63) is 78.1 Å². The molecule has 3 heterocycles. The number of carbonyl (C=O) groups is 1. The zero-order valence-corrected chi connectivity index (χ0v) is 13.7. The van der Waals surface area contributed by atoms with Gasteiger partial charge in [0.25, 0.3) is 5.91 Å². The lowest BCUT2D eigenvalue weighted by Gasteiger charge is -2.00. The van der Waals surface area contributed by atoms with Gasteiger partial charge in [0.05, 0.1) is 5.52 Å². The maximum Gasteiger partial charge on any atom is 0.256 e. The molecule has 5 heteroatoms. The Labute approximate surface area is 149 Å². The van der Waals surface area contributed by atoms with Crippen LogP contribution in [0.1, 0.15) is 11.1 Å². The Hall–Kier alpha value is -3.73. The fourth-order valence-electron chi connectivity index (χ4n) is 3.31. The molecule has 0 radical (unpaired) electrons. The van der Waals surface area contributed by atoms with Crippen LogP contribution in [0.15, 0.2) is 67.0 Å². The average Bonchev–Trinajstić information content (AvgIpc) is 3.23. The summed E-state index contributed by atoms with van der Waals surface area (Å²) < 4.78 is 0. The number of rotatable bonds is 2. The van der Waals surface area contributed by atoms with Crippen LogP contribution in [-0.2, 0) is 4.79 Å². The second-order valence-corrected chi connectivity index (χ2v) is 6.17. The van der Waals surface area contributed by atoms with Crippen LogP contribution in [0.25, 0.3) is 33.8 Å². The van der Waals surface area contributed by atoms with Gasteiger partial charge in [-0.05, 0) is 42.0 Å². The van der Waals surface area contributed by atoms with Gasteiger partial charge in [-0.2, -0.15) is 5.10 Å². The van der Waals surface area contributed by atoms with Crippen molar-refractivity contribution in [3.8, 4) is 11.3 Å². The minimum Gasteiger partial charge on any atom is -0.321 e. The van der Waals surface area contributed by atoms with E-state index in [0.717, 1.165) is 39.0 Å². The molecule has 1 aliphatic rings. The van der Waals surface area contributed by atoms with Gasteiger partial charge in [-0.25, -0.2) is 0 Å². The van der Waals surface area contributed by atoms with Crippen molar-refractivity contribution in [1.82, 2.24) is 15.2 Å². The molecule has 0 atom stereocenters. The number of amides is 1. The zero-order valence-electron chi connectivity index (χ0n) is 13.7. The van der Waals surface area contributed by atoms with E-state index in [4.69, 9.17) is 0 Å². The Kier molecular flexibility index (Phi) is 3.18. The van der Waals surface area contributed by atoms with E-state index in [0.29, 0.717) is 5.57 Å². The van der Waals surface area contributed by atoms with Crippen molar-refractivity contribution in [2.45, 2.75) is 0 Å². The standard InChI is InChI=1S/C21H14N4O/c26-21-17(15-3-1-2-4-18(15)23-21)11-13-5-6-16-19(12-13)24-25-20(16)14-7-9-22-10-8-14/h1-12H,(H,23,26)(H,24,25). The van der Waals surface area contributed by atoms with E-state index in [1.54, 1.807) is 12.4 Å². The summed E-state index contributed by atoms with van der Waals surface area (Å²) in [6, 6.07) is 17.6. The number of nitrogens with zero attached hydrogens (tertiary/aromatic N) is 2. The largest absolute Gasteiger partial charge is 0.321 e. The molecule has 5 nitrogen and oxygen atoms in total. The van der Waals surface area contributed by atoms with Crippen molar-refractivity contribution in [3.63, 3.8) is 0 Å². The molecule has 124 valence electrons. The van der Waals surface area contributed by atoms with Crippen LogP contribution in [-0.4, -0.2) is 21.1 Å². The summed E-state index contributed by atoms with van der Waals surface area (Å²) in [5, 5.41) is 11.5. The van der Waals surface area contributed by atoms with Gasteiger partial charge in [-0.3, -0.25) is 14.9 Å². The SMILES string of the molecule is O=C1Nc2ccccc2C1=Cc1ccc2c(-c3ccncc3)n[nH]c2c1. The van der Waals surface area contributed by atoms with Gasteiger partial charge >= 0.3 is 0 Å². The number of benzene rings is 2. The summed E-state index contributed by atoms with van der Waals surface area (Å²) in [5.41, 5.74) is 6.24. The molecule has 0 aliphatic carbocycles. The third-order valence-corrected chi connectivity index (χ3v) is 4.56. The van der Waals surface area contributed by atoms with Gasteiger partial charge in [-0.1, -0.05) is 24.3 Å². The first kappa shape index (κ1) is 14.6. The first-order valence-electron chi connectivity index (χ1n) is 8.30. The predicted molar refractivity (Wildman–Crippen MR) is 102 cm³/mol. The van der Waals surface area contributed by atoms with Crippen LogP contribution in [0.2, 0.25) is 0 Å². The van der Waals surface area contributed by atoms with Gasteiger partial charge in [0.15, 0.2) is 0 Å². The summed E-state index contributed by atoms with van der Waals surface area (Å²) in [7, 11) is 0. The molecule has 2 N–H and O–H groups in total. The minimum absolute atomic E-state index is 0.0756. The number of anilines is 1. The molecule has 0 saturated heterocycles. The molecule has 0 bridgehead atoms. The van der Waals surface area contributed by atoms with E-state index in [-0.39, 0.29) is 5.91 Å². The molecule has 5 rings (SSSR count). The van der Waals surface area contributed by atoms with Gasteiger partial charge in [0, 0.05) is 40.2 Å². The molecule has 1 aliphatic heterocycles. The summed E-state index contributed by atoms with van der Waals surface area (Å²) in [5.74, 6) is -0.0756. The lowest BCUT2D eigenvalue weighted by Crippen LogP contribution is -2.03. The monoisotopic (exact) mass is 338 g/mol. The average molecular weight is 338 g/mol. The summed E-state index contributed by atoms with van der Waals surface area (Å²) >= 11 is 0. The third-order valence-electron chi connectivity index (χ3n) is 4.56.